The van der Waals surface area contributed by atoms with Gasteiger partial charge in [-0.3, -0.25) is 0 Å². The fourth-order valence-electron chi connectivity index (χ4n) is 2.03. The van der Waals surface area contributed by atoms with E-state index in [1.54, 1.807) is 6.07 Å². The molecule has 114 valence electrons. The van der Waals surface area contributed by atoms with Crippen LogP contribution in [-0.2, 0) is 21.3 Å². The predicted octanol–water partition coefficient (Wildman–Crippen LogP) is 1.70. The van der Waals surface area contributed by atoms with Crippen molar-refractivity contribution in [2.45, 2.75) is 49.5 Å². The molecule has 5 nitrogen and oxygen atoms in total. The smallest absolute Gasteiger partial charge is 0.250 e. The zero-order chi connectivity index (χ0) is 14.8. The van der Waals surface area contributed by atoms with Crippen molar-refractivity contribution in [3.8, 4) is 0 Å². The van der Waals surface area contributed by atoms with Gasteiger partial charge in [0.1, 0.15) is 4.21 Å². The Balaban J connectivity index is 2.06. The molecule has 1 saturated heterocycles. The molecule has 7 heteroatoms. The Kier molecular flexibility index (Phi) is 4.86. The minimum atomic E-state index is -3.46. The Morgan fingerprint density at radius 3 is 2.85 bits per heavy atom. The Labute approximate surface area is 124 Å². The second-order valence-electron chi connectivity index (χ2n) is 5.78. The molecule has 1 aromatic heterocycles. The summed E-state index contributed by atoms with van der Waals surface area (Å²) in [5.41, 5.74) is 0.510. The molecular weight excluding hydrogens is 296 g/mol. The molecule has 2 heterocycles. The van der Waals surface area contributed by atoms with Crippen molar-refractivity contribution >= 4 is 21.4 Å². The van der Waals surface area contributed by atoms with Gasteiger partial charge in [-0.2, -0.15) is 0 Å². The van der Waals surface area contributed by atoms with E-state index in [1.807, 2.05) is 12.3 Å². The van der Waals surface area contributed by atoms with E-state index < -0.39 is 15.6 Å². The van der Waals surface area contributed by atoms with Gasteiger partial charge in [0.05, 0.1) is 12.1 Å². The van der Waals surface area contributed by atoms with Gasteiger partial charge < -0.3 is 10.1 Å². The van der Waals surface area contributed by atoms with Crippen molar-refractivity contribution in [1.82, 2.24) is 10.0 Å². The summed E-state index contributed by atoms with van der Waals surface area (Å²) in [5, 5.41) is 5.16. The van der Waals surface area contributed by atoms with Crippen molar-refractivity contribution in [3.05, 3.63) is 17.0 Å². The zero-order valence-corrected chi connectivity index (χ0v) is 13.7. The van der Waals surface area contributed by atoms with Crippen molar-refractivity contribution in [1.29, 1.82) is 0 Å². The highest BCUT2D eigenvalue weighted by Gasteiger charge is 2.35. The van der Waals surface area contributed by atoms with Gasteiger partial charge in [-0.05, 0) is 30.4 Å². The number of sulfonamides is 1. The maximum Gasteiger partial charge on any atom is 0.250 e. The highest BCUT2D eigenvalue weighted by atomic mass is 32.2. The molecule has 0 amide bonds. The van der Waals surface area contributed by atoms with Gasteiger partial charge >= 0.3 is 0 Å². The molecule has 1 fully saturated rings. The van der Waals surface area contributed by atoms with Crippen molar-refractivity contribution < 1.29 is 13.2 Å². The number of hydrogen-bond donors (Lipinski definition) is 2. The summed E-state index contributed by atoms with van der Waals surface area (Å²) in [6.45, 7) is 7.72. The predicted molar refractivity (Wildman–Crippen MR) is 80.5 cm³/mol. The number of thiophene rings is 1. The Morgan fingerprint density at radius 2 is 2.25 bits per heavy atom. The molecule has 0 aliphatic carbocycles. The van der Waals surface area contributed by atoms with E-state index in [0.29, 0.717) is 36.4 Å². The molecule has 1 unspecified atom stereocenters. The van der Waals surface area contributed by atoms with Gasteiger partial charge in [0.25, 0.3) is 10.0 Å². The van der Waals surface area contributed by atoms with E-state index in [1.165, 1.54) is 11.3 Å². The quantitative estimate of drug-likeness (QED) is 0.838. The zero-order valence-electron chi connectivity index (χ0n) is 12.1. The van der Waals surface area contributed by atoms with Crippen LogP contribution in [-0.4, -0.2) is 33.2 Å². The Hall–Kier alpha value is -0.470. The fraction of sp³-hybridized carbons (Fsp3) is 0.692. The Bertz CT molecular complexity index is 546. The highest BCUT2D eigenvalue weighted by Crippen LogP contribution is 2.25. The molecule has 2 rings (SSSR count). The summed E-state index contributed by atoms with van der Waals surface area (Å²) in [5.74, 6) is 0. The van der Waals surface area contributed by atoms with E-state index in [0.717, 1.165) is 5.56 Å². The second kappa shape index (κ2) is 6.11. The van der Waals surface area contributed by atoms with Crippen LogP contribution >= 0.6 is 11.3 Å². The molecule has 0 bridgehead atoms. The third kappa shape index (κ3) is 4.02. The lowest BCUT2D eigenvalue weighted by atomic mass is 10.0. The van der Waals surface area contributed by atoms with Crippen LogP contribution in [0, 0.1) is 0 Å². The summed E-state index contributed by atoms with van der Waals surface area (Å²) in [7, 11) is -3.46. The first-order chi connectivity index (χ1) is 9.31. The van der Waals surface area contributed by atoms with Crippen LogP contribution in [0.25, 0.3) is 0 Å². The first kappa shape index (κ1) is 15.9. The van der Waals surface area contributed by atoms with Crippen molar-refractivity contribution in [2.75, 3.05) is 13.2 Å². The van der Waals surface area contributed by atoms with Crippen molar-refractivity contribution in [2.24, 2.45) is 0 Å². The molecule has 1 aromatic rings. The molecule has 0 aromatic carbocycles. The van der Waals surface area contributed by atoms with Crippen molar-refractivity contribution in [3.63, 3.8) is 0 Å². The van der Waals surface area contributed by atoms with Gasteiger partial charge in [-0.1, -0.05) is 13.8 Å². The van der Waals surface area contributed by atoms with Crippen LogP contribution in [0.1, 0.15) is 32.8 Å². The normalized spacial score (nSPS) is 23.6. The molecule has 0 saturated carbocycles. The van der Waals surface area contributed by atoms with Gasteiger partial charge in [0.2, 0.25) is 0 Å². The molecule has 1 atom stereocenters. The lowest BCUT2D eigenvalue weighted by Gasteiger charge is -2.22. The third-order valence-corrected chi connectivity index (χ3v) is 6.34. The topological polar surface area (TPSA) is 67.4 Å². The summed E-state index contributed by atoms with van der Waals surface area (Å²) in [6.07, 6.45) is 0.708. The summed E-state index contributed by atoms with van der Waals surface area (Å²) < 4.78 is 33.1. The monoisotopic (exact) mass is 318 g/mol. The van der Waals surface area contributed by atoms with Crippen LogP contribution < -0.4 is 10.0 Å². The highest BCUT2D eigenvalue weighted by molar-refractivity contribution is 7.91. The largest absolute Gasteiger partial charge is 0.379 e. The summed E-state index contributed by atoms with van der Waals surface area (Å²) in [6, 6.07) is 2.12. The average molecular weight is 318 g/mol. The Morgan fingerprint density at radius 1 is 1.50 bits per heavy atom. The van der Waals surface area contributed by atoms with Crippen LogP contribution in [0.15, 0.2) is 15.7 Å². The van der Waals surface area contributed by atoms with E-state index in [9.17, 15) is 8.42 Å². The maximum atomic E-state index is 12.4. The molecular formula is C13H22N2O3S2. The van der Waals surface area contributed by atoms with Gasteiger partial charge in [0.15, 0.2) is 0 Å². The number of ether oxygens (including phenoxy) is 1. The molecule has 20 heavy (non-hydrogen) atoms. The van der Waals surface area contributed by atoms with Gasteiger partial charge in [0, 0.05) is 19.2 Å². The van der Waals surface area contributed by atoms with Gasteiger partial charge in [-0.15, -0.1) is 11.3 Å². The molecule has 2 N–H and O–H groups in total. The van der Waals surface area contributed by atoms with Crippen LogP contribution in [0.2, 0.25) is 0 Å². The van der Waals surface area contributed by atoms with Crippen LogP contribution in [0.4, 0.5) is 0 Å². The minimum Gasteiger partial charge on any atom is -0.379 e. The van der Waals surface area contributed by atoms with E-state index in [4.69, 9.17) is 4.74 Å². The minimum absolute atomic E-state index is 0.367. The van der Waals surface area contributed by atoms with Crippen LogP contribution in [0.5, 0.6) is 0 Å². The van der Waals surface area contributed by atoms with E-state index >= 15 is 0 Å². The first-order valence-corrected chi connectivity index (χ1v) is 9.10. The SMILES string of the molecule is CC(C)NCc1csc(S(=O)(=O)NC2(C)CCOC2)c1. The van der Waals surface area contributed by atoms with Crippen LogP contribution in [0.3, 0.4) is 0 Å². The lowest BCUT2D eigenvalue weighted by Crippen LogP contribution is -2.46. The fourth-order valence-corrected chi connectivity index (χ4v) is 4.66. The number of rotatable bonds is 6. The maximum absolute atomic E-state index is 12.4. The molecule has 0 radical (unpaired) electrons. The molecule has 1 aliphatic rings. The van der Waals surface area contributed by atoms with E-state index in [2.05, 4.69) is 23.9 Å². The average Bonchev–Trinajstić information content (AvgIpc) is 2.95. The lowest BCUT2D eigenvalue weighted by molar-refractivity contribution is 0.178. The number of hydrogen-bond acceptors (Lipinski definition) is 5. The standard InChI is InChI=1S/C13H22N2O3S2/c1-10(2)14-7-11-6-12(19-8-11)20(16,17)15-13(3)4-5-18-9-13/h6,8,10,14-15H,4-5,7,9H2,1-3H3. The first-order valence-electron chi connectivity index (χ1n) is 6.73. The summed E-state index contributed by atoms with van der Waals surface area (Å²) in [4.78, 5) is 0. The number of nitrogens with one attached hydrogen (secondary N) is 2. The second-order valence-corrected chi connectivity index (χ2v) is 8.60. The molecule has 0 spiro atoms. The van der Waals surface area contributed by atoms with Gasteiger partial charge in [-0.25, -0.2) is 13.1 Å². The third-order valence-electron chi connectivity index (χ3n) is 3.21. The molecule has 1 aliphatic heterocycles. The van der Waals surface area contributed by atoms with E-state index in [-0.39, 0.29) is 0 Å². The summed E-state index contributed by atoms with van der Waals surface area (Å²) >= 11 is 1.26.